The van der Waals surface area contributed by atoms with E-state index in [9.17, 15) is 5.48 Å². The first kappa shape index (κ1) is 18.4. The van der Waals surface area contributed by atoms with E-state index in [1.54, 1.807) is 6.07 Å². The Hall–Kier alpha value is -6.44. The molecule has 234 valence electrons. The maximum absolute atomic E-state index is 9.29. The molecular weight excluding hydrogens is 605 g/mol. The number of benzene rings is 9. The molecule has 0 fully saturated rings. The lowest BCUT2D eigenvalue weighted by atomic mass is 9.86. The highest BCUT2D eigenvalue weighted by Crippen LogP contribution is 2.44. The van der Waals surface area contributed by atoms with E-state index < -0.39 is 85.0 Å². The minimum Gasteiger partial charge on any atom is -0.456 e. The average Bonchev–Trinajstić information content (AvgIpc) is 3.70. The molecule has 9 aromatic carbocycles. The van der Waals surface area contributed by atoms with Crippen molar-refractivity contribution in [3.05, 3.63) is 193 Å². The van der Waals surface area contributed by atoms with Gasteiger partial charge in [0.15, 0.2) is 0 Å². The fourth-order valence-electron chi connectivity index (χ4n) is 7.24. The number of hydrogen-bond donors (Lipinski definition) is 0. The second-order valence-corrected chi connectivity index (χ2v) is 12.2. The zero-order valence-corrected chi connectivity index (χ0v) is 26.4. The Morgan fingerprint density at radius 3 is 1.62 bits per heavy atom. The molecule has 0 aliphatic carbocycles. The van der Waals surface area contributed by atoms with E-state index in [0.717, 1.165) is 55.0 Å². The molecular formula is C49H32O. The molecule has 1 nitrogen and oxygen atoms in total. The summed E-state index contributed by atoms with van der Waals surface area (Å²) in [6.45, 7) is 0. The van der Waals surface area contributed by atoms with Gasteiger partial charge in [0, 0.05) is 10.8 Å². The number of fused-ring (bicyclic) bond motifs is 6. The van der Waals surface area contributed by atoms with Crippen LogP contribution in [0.2, 0.25) is 0 Å². The molecule has 0 spiro atoms. The van der Waals surface area contributed by atoms with Crippen molar-refractivity contribution < 1.29 is 22.2 Å². The molecule has 10 rings (SSSR count). The fourth-order valence-corrected chi connectivity index (χ4v) is 7.24. The minimum atomic E-state index is -0.615. The monoisotopic (exact) mass is 649 g/mol. The van der Waals surface area contributed by atoms with Crippen LogP contribution in [-0.4, -0.2) is 0 Å². The third-order valence-corrected chi connectivity index (χ3v) is 9.43. The molecule has 1 aromatic heterocycles. The molecule has 0 aliphatic heterocycles. The summed E-state index contributed by atoms with van der Waals surface area (Å²) in [5, 5.41) is 3.34. The average molecular weight is 650 g/mol. The summed E-state index contributed by atoms with van der Waals surface area (Å²) in [6, 6.07) is 26.5. The third-order valence-electron chi connectivity index (χ3n) is 9.43. The quantitative estimate of drug-likeness (QED) is 0.169. The molecule has 50 heavy (non-hydrogen) atoms. The van der Waals surface area contributed by atoms with E-state index >= 15 is 0 Å². The van der Waals surface area contributed by atoms with Crippen LogP contribution in [0.3, 0.4) is 0 Å². The van der Waals surface area contributed by atoms with E-state index in [4.69, 9.17) is 16.8 Å². The molecule has 1 heteroatoms. The standard InChI is InChI=1S/C49H32O/c1-3-13-32(14-4-1)29-44-40-17-7-9-19-42(40)47(43-20-10-8-18-41(43)44)37-28-26-34-30-36(27-25-35(34)31-37)39-22-12-24-46-49(39)48-38(21-11-23-45(48)50-46)33-15-5-2-6-16-33/h1-28,30-31H,29H2/i1D,3D,4D,7D,8D,9D,10D,13D,14D,17D,18D,19D,20D. The highest BCUT2D eigenvalue weighted by atomic mass is 16.3. The predicted molar refractivity (Wildman–Crippen MR) is 212 cm³/mol. The summed E-state index contributed by atoms with van der Waals surface area (Å²) in [6.07, 6.45) is -0.487. The summed E-state index contributed by atoms with van der Waals surface area (Å²) in [4.78, 5) is 0. The first-order valence-corrected chi connectivity index (χ1v) is 16.2. The molecule has 10 aromatic rings. The van der Waals surface area contributed by atoms with E-state index in [0.29, 0.717) is 5.56 Å². The topological polar surface area (TPSA) is 13.1 Å². The Bertz CT molecular complexity index is 3520. The molecule has 0 saturated carbocycles. The first-order valence-electron chi connectivity index (χ1n) is 22.7. The van der Waals surface area contributed by atoms with Crippen LogP contribution in [0.15, 0.2) is 186 Å². The van der Waals surface area contributed by atoms with Gasteiger partial charge in [-0.25, -0.2) is 0 Å². The maximum Gasteiger partial charge on any atom is 0.136 e. The Labute approximate surface area is 308 Å². The van der Waals surface area contributed by atoms with Crippen LogP contribution in [0, 0.1) is 0 Å². The lowest BCUT2D eigenvalue weighted by Crippen LogP contribution is -1.95. The second kappa shape index (κ2) is 11.6. The predicted octanol–water partition coefficient (Wildman–Crippen LogP) is 13.6. The zero-order chi connectivity index (χ0) is 44.3. The fraction of sp³-hybridized carbons (Fsp3) is 0.0204. The van der Waals surface area contributed by atoms with Crippen molar-refractivity contribution in [2.45, 2.75) is 6.42 Å². The van der Waals surface area contributed by atoms with Crippen LogP contribution < -0.4 is 0 Å². The second-order valence-electron chi connectivity index (χ2n) is 12.2. The van der Waals surface area contributed by atoms with Gasteiger partial charge in [0.2, 0.25) is 0 Å². The first-order chi connectivity index (χ1) is 30.2. The summed E-state index contributed by atoms with van der Waals surface area (Å²) in [7, 11) is 0. The van der Waals surface area contributed by atoms with Crippen LogP contribution in [-0.2, 0) is 6.42 Å². The van der Waals surface area contributed by atoms with E-state index in [2.05, 4.69) is 30.3 Å². The van der Waals surface area contributed by atoms with Gasteiger partial charge in [0.1, 0.15) is 11.2 Å². The SMILES string of the molecule is [2H]c1c([2H])c([2H])c(Cc2c3c([2H])c([2H])c([2H])c([2H])c3c(-c3ccc4cc(-c5cccc6oc7cccc(-c8ccccc8)c7c56)ccc4c3)c3c([2H])c([2H])c([2H])c([2H])c23)c([2H])c1[2H]. The van der Waals surface area contributed by atoms with Gasteiger partial charge in [-0.05, 0) is 108 Å². The van der Waals surface area contributed by atoms with Crippen LogP contribution in [0.1, 0.15) is 28.9 Å². The highest BCUT2D eigenvalue weighted by Gasteiger charge is 2.18. The van der Waals surface area contributed by atoms with Crippen LogP contribution >= 0.6 is 0 Å². The van der Waals surface area contributed by atoms with Gasteiger partial charge >= 0.3 is 0 Å². The summed E-state index contributed by atoms with van der Waals surface area (Å²) in [5.41, 5.74) is 5.85. The molecule has 0 unspecified atom stereocenters. The summed E-state index contributed by atoms with van der Waals surface area (Å²) < 4.78 is 121. The molecule has 0 saturated heterocycles. The van der Waals surface area contributed by atoms with Crippen LogP contribution in [0.25, 0.3) is 87.6 Å². The van der Waals surface area contributed by atoms with Gasteiger partial charge in [-0.15, -0.1) is 0 Å². The lowest BCUT2D eigenvalue weighted by molar-refractivity contribution is 0.669. The van der Waals surface area contributed by atoms with Crippen molar-refractivity contribution in [1.29, 1.82) is 0 Å². The smallest absolute Gasteiger partial charge is 0.136 e. The molecule has 1 heterocycles. The Kier molecular flexibility index (Phi) is 4.26. The van der Waals surface area contributed by atoms with E-state index in [-0.39, 0.29) is 38.2 Å². The largest absolute Gasteiger partial charge is 0.456 e. The summed E-state index contributed by atoms with van der Waals surface area (Å²) >= 11 is 0. The zero-order valence-electron chi connectivity index (χ0n) is 39.4. The van der Waals surface area contributed by atoms with Crippen molar-refractivity contribution in [2.24, 2.45) is 0 Å². The van der Waals surface area contributed by atoms with Gasteiger partial charge in [0.05, 0.1) is 17.8 Å². The molecule has 0 aliphatic rings. The van der Waals surface area contributed by atoms with Gasteiger partial charge in [-0.3, -0.25) is 0 Å². The van der Waals surface area contributed by atoms with E-state index in [1.807, 2.05) is 66.7 Å². The molecule has 0 N–H and O–H groups in total. The molecule has 0 atom stereocenters. The van der Waals surface area contributed by atoms with Gasteiger partial charge in [0.25, 0.3) is 0 Å². The van der Waals surface area contributed by atoms with Gasteiger partial charge in [-0.1, -0.05) is 157 Å². The molecule has 0 radical (unpaired) electrons. The number of hydrogen-bond acceptors (Lipinski definition) is 1. The van der Waals surface area contributed by atoms with Crippen molar-refractivity contribution >= 4 is 54.3 Å². The van der Waals surface area contributed by atoms with Crippen LogP contribution in [0.5, 0.6) is 0 Å². The number of rotatable bonds is 5. The van der Waals surface area contributed by atoms with Crippen LogP contribution in [0.4, 0.5) is 0 Å². The Morgan fingerprint density at radius 1 is 0.440 bits per heavy atom. The molecule has 0 amide bonds. The Balaban J connectivity index is 1.24. The summed E-state index contributed by atoms with van der Waals surface area (Å²) in [5.74, 6) is 0. The highest BCUT2D eigenvalue weighted by molar-refractivity contribution is 6.19. The normalized spacial score (nSPS) is 15.3. The van der Waals surface area contributed by atoms with Crippen molar-refractivity contribution in [3.8, 4) is 33.4 Å². The van der Waals surface area contributed by atoms with Gasteiger partial charge in [-0.2, -0.15) is 0 Å². The minimum absolute atomic E-state index is 0.0110. The maximum atomic E-state index is 9.29. The van der Waals surface area contributed by atoms with Gasteiger partial charge < -0.3 is 4.42 Å². The van der Waals surface area contributed by atoms with Crippen molar-refractivity contribution in [3.63, 3.8) is 0 Å². The van der Waals surface area contributed by atoms with Crippen molar-refractivity contribution in [1.82, 2.24) is 0 Å². The van der Waals surface area contributed by atoms with Crippen molar-refractivity contribution in [2.75, 3.05) is 0 Å². The lowest BCUT2D eigenvalue weighted by Gasteiger charge is -2.18. The number of furan rings is 1. The molecule has 0 bridgehead atoms. The van der Waals surface area contributed by atoms with E-state index in [1.165, 1.54) is 0 Å². The Morgan fingerprint density at radius 2 is 0.980 bits per heavy atom. The third kappa shape index (κ3) is 4.63.